The molecule has 30 heavy (non-hydrogen) atoms. The number of benzene rings is 1. The summed E-state index contributed by atoms with van der Waals surface area (Å²) in [6, 6.07) is 6.42. The lowest BCUT2D eigenvalue weighted by Crippen LogP contribution is -2.38. The fourth-order valence-electron chi connectivity index (χ4n) is 5.36. The number of hydrogen-bond donors (Lipinski definition) is 1. The van der Waals surface area contributed by atoms with Gasteiger partial charge in [-0.05, 0) is 86.3 Å². The number of rotatable bonds is 4. The van der Waals surface area contributed by atoms with Gasteiger partial charge in [-0.2, -0.15) is 0 Å². The molecule has 1 aliphatic carbocycles. The van der Waals surface area contributed by atoms with E-state index in [1.165, 1.54) is 24.8 Å². The molecule has 0 unspecified atom stereocenters. The first-order valence-electron chi connectivity index (χ1n) is 11.3. The van der Waals surface area contributed by atoms with Crippen LogP contribution in [0.3, 0.4) is 0 Å². The highest BCUT2D eigenvalue weighted by atomic mass is 16.1. The van der Waals surface area contributed by atoms with Crippen molar-refractivity contribution in [3.05, 3.63) is 51.1 Å². The molecule has 2 fully saturated rings. The molecule has 2 aliphatic rings. The molecule has 7 heteroatoms. The van der Waals surface area contributed by atoms with Crippen LogP contribution in [0.5, 0.6) is 0 Å². The zero-order valence-corrected chi connectivity index (χ0v) is 17.9. The van der Waals surface area contributed by atoms with Crippen LogP contribution in [0.2, 0.25) is 0 Å². The number of fused-ring (bicyclic) bond motifs is 1. The number of aromatic amines is 1. The number of H-pyrrole nitrogens is 1. The molecular weight excluding hydrogens is 376 g/mol. The Bertz CT molecular complexity index is 1100. The number of aryl methyl sites for hydroxylation is 2. The maximum Gasteiger partial charge on any atom is 0.253 e. The summed E-state index contributed by atoms with van der Waals surface area (Å²) in [4.78, 5) is 18.9. The minimum Gasteiger partial charge on any atom is -0.322 e. The van der Waals surface area contributed by atoms with Gasteiger partial charge in [0.1, 0.15) is 6.04 Å². The third-order valence-electron chi connectivity index (χ3n) is 6.83. The molecule has 1 aliphatic heterocycles. The second-order valence-electron chi connectivity index (χ2n) is 9.02. The van der Waals surface area contributed by atoms with Crippen molar-refractivity contribution in [1.29, 1.82) is 0 Å². The molecule has 7 nitrogen and oxygen atoms in total. The number of tetrazole rings is 1. The second-order valence-corrected chi connectivity index (χ2v) is 9.02. The SMILES string of the molecule is Cc1cc(C)c2cc([C@@H](c3nnnn3C3CCCC3)N3CCCCC3)c(=O)[nH]c2c1. The molecule has 0 amide bonds. The van der Waals surface area contributed by atoms with E-state index in [-0.39, 0.29) is 11.6 Å². The van der Waals surface area contributed by atoms with Gasteiger partial charge in [-0.25, -0.2) is 4.68 Å². The monoisotopic (exact) mass is 406 g/mol. The van der Waals surface area contributed by atoms with Crippen LogP contribution in [0.15, 0.2) is 23.0 Å². The molecule has 1 N–H and O–H groups in total. The number of pyridine rings is 1. The predicted molar refractivity (Wildman–Crippen MR) is 117 cm³/mol. The molecule has 1 atom stereocenters. The lowest BCUT2D eigenvalue weighted by molar-refractivity contribution is 0.174. The van der Waals surface area contributed by atoms with E-state index in [4.69, 9.17) is 0 Å². The summed E-state index contributed by atoms with van der Waals surface area (Å²) in [7, 11) is 0. The van der Waals surface area contributed by atoms with Crippen LogP contribution in [0.4, 0.5) is 0 Å². The second kappa shape index (κ2) is 7.95. The van der Waals surface area contributed by atoms with Gasteiger partial charge in [0.15, 0.2) is 5.82 Å². The van der Waals surface area contributed by atoms with E-state index in [1.807, 2.05) is 10.7 Å². The van der Waals surface area contributed by atoms with Gasteiger partial charge in [0, 0.05) is 16.5 Å². The van der Waals surface area contributed by atoms with Crippen LogP contribution in [0, 0.1) is 13.8 Å². The average Bonchev–Trinajstić information content (AvgIpc) is 3.41. The van der Waals surface area contributed by atoms with Crippen molar-refractivity contribution < 1.29 is 0 Å². The van der Waals surface area contributed by atoms with E-state index in [0.29, 0.717) is 6.04 Å². The minimum atomic E-state index is -0.213. The van der Waals surface area contributed by atoms with Crippen LogP contribution >= 0.6 is 0 Å². The van der Waals surface area contributed by atoms with Crippen LogP contribution in [-0.2, 0) is 0 Å². The maximum atomic E-state index is 13.3. The largest absolute Gasteiger partial charge is 0.322 e. The Morgan fingerprint density at radius 2 is 1.80 bits per heavy atom. The Labute approximate surface area is 176 Å². The van der Waals surface area contributed by atoms with E-state index < -0.39 is 0 Å². The van der Waals surface area contributed by atoms with Gasteiger partial charge in [0.05, 0.1) is 6.04 Å². The van der Waals surface area contributed by atoms with Crippen molar-refractivity contribution in [3.8, 4) is 0 Å². The lowest BCUT2D eigenvalue weighted by atomic mass is 9.98. The summed E-state index contributed by atoms with van der Waals surface area (Å²) in [5, 5.41) is 14.0. The van der Waals surface area contributed by atoms with Gasteiger partial charge in [-0.1, -0.05) is 25.3 Å². The highest BCUT2D eigenvalue weighted by molar-refractivity contribution is 5.83. The van der Waals surface area contributed by atoms with Crippen molar-refractivity contribution >= 4 is 10.9 Å². The summed E-state index contributed by atoms with van der Waals surface area (Å²) in [6.45, 7) is 6.10. The Kier molecular flexibility index (Phi) is 5.15. The van der Waals surface area contributed by atoms with Crippen molar-refractivity contribution in [2.45, 2.75) is 70.9 Å². The van der Waals surface area contributed by atoms with Gasteiger partial charge < -0.3 is 4.98 Å². The summed E-state index contributed by atoms with van der Waals surface area (Å²) < 4.78 is 2.01. The number of nitrogens with one attached hydrogen (secondary N) is 1. The van der Waals surface area contributed by atoms with Crippen LogP contribution < -0.4 is 5.56 Å². The number of likely N-dealkylation sites (tertiary alicyclic amines) is 1. The maximum absolute atomic E-state index is 13.3. The normalized spacial score (nSPS) is 19.5. The van der Waals surface area contributed by atoms with Gasteiger partial charge in [0.25, 0.3) is 5.56 Å². The summed E-state index contributed by atoms with van der Waals surface area (Å²) in [6.07, 6.45) is 8.18. The molecule has 2 aromatic heterocycles. The highest BCUT2D eigenvalue weighted by Gasteiger charge is 2.33. The first kappa shape index (κ1) is 19.4. The van der Waals surface area contributed by atoms with Crippen molar-refractivity contribution in [3.63, 3.8) is 0 Å². The molecule has 0 spiro atoms. The van der Waals surface area contributed by atoms with E-state index in [1.54, 1.807) is 0 Å². The quantitative estimate of drug-likeness (QED) is 0.712. The smallest absolute Gasteiger partial charge is 0.253 e. The molecule has 3 aromatic rings. The summed E-state index contributed by atoms with van der Waals surface area (Å²) in [5.74, 6) is 0.818. The Balaban J connectivity index is 1.67. The number of aromatic nitrogens is 5. The lowest BCUT2D eigenvalue weighted by Gasteiger charge is -2.34. The highest BCUT2D eigenvalue weighted by Crippen LogP contribution is 2.35. The fraction of sp³-hybridized carbons (Fsp3) is 0.565. The Hall–Kier alpha value is -2.54. The van der Waals surface area contributed by atoms with E-state index in [0.717, 1.165) is 66.6 Å². The minimum absolute atomic E-state index is 0.0379. The van der Waals surface area contributed by atoms with Crippen LogP contribution in [-0.4, -0.2) is 43.2 Å². The fourth-order valence-corrected chi connectivity index (χ4v) is 5.36. The van der Waals surface area contributed by atoms with E-state index in [9.17, 15) is 4.79 Å². The Morgan fingerprint density at radius 1 is 1.03 bits per heavy atom. The number of hydrogen-bond acceptors (Lipinski definition) is 5. The first-order valence-corrected chi connectivity index (χ1v) is 11.3. The van der Waals surface area contributed by atoms with Gasteiger partial charge in [-0.15, -0.1) is 5.10 Å². The Morgan fingerprint density at radius 3 is 2.57 bits per heavy atom. The predicted octanol–water partition coefficient (Wildman–Crippen LogP) is 3.82. The topological polar surface area (TPSA) is 79.7 Å². The molecule has 5 rings (SSSR count). The number of nitrogens with zero attached hydrogens (tertiary/aromatic N) is 5. The van der Waals surface area contributed by atoms with Crippen LogP contribution in [0.1, 0.15) is 79.5 Å². The average molecular weight is 407 g/mol. The molecule has 1 saturated carbocycles. The molecule has 0 radical (unpaired) electrons. The molecule has 3 heterocycles. The molecular formula is C23H30N6O. The standard InChI is InChI=1S/C23H30N6O/c1-15-12-16(2)18-14-19(23(30)24-20(18)13-15)21(28-10-6-3-7-11-28)22-25-26-27-29(22)17-8-4-5-9-17/h12-14,17,21H,3-11H2,1-2H3,(H,24,30)/t21-/m0/s1. The van der Waals surface area contributed by atoms with Crippen molar-refractivity contribution in [2.24, 2.45) is 0 Å². The number of piperidine rings is 1. The van der Waals surface area contributed by atoms with Gasteiger partial charge in [-0.3, -0.25) is 9.69 Å². The van der Waals surface area contributed by atoms with Gasteiger partial charge >= 0.3 is 0 Å². The third kappa shape index (κ3) is 3.45. The zero-order valence-electron chi connectivity index (χ0n) is 17.9. The summed E-state index contributed by atoms with van der Waals surface area (Å²) in [5.41, 5.74) is 3.94. The molecule has 158 valence electrons. The van der Waals surface area contributed by atoms with Crippen LogP contribution in [0.25, 0.3) is 10.9 Å². The summed E-state index contributed by atoms with van der Waals surface area (Å²) >= 11 is 0. The third-order valence-corrected chi connectivity index (χ3v) is 6.83. The first-order chi connectivity index (χ1) is 14.6. The van der Waals surface area contributed by atoms with Crippen molar-refractivity contribution in [1.82, 2.24) is 30.1 Å². The zero-order chi connectivity index (χ0) is 20.7. The van der Waals surface area contributed by atoms with E-state index in [2.05, 4.69) is 51.4 Å². The molecule has 1 saturated heterocycles. The molecule has 1 aromatic carbocycles. The van der Waals surface area contributed by atoms with Crippen molar-refractivity contribution in [2.75, 3.05) is 13.1 Å². The van der Waals surface area contributed by atoms with Gasteiger partial charge in [0.2, 0.25) is 0 Å². The van der Waals surface area contributed by atoms with E-state index >= 15 is 0 Å². The molecule has 0 bridgehead atoms.